The van der Waals surface area contributed by atoms with E-state index in [9.17, 15) is 23.6 Å². The Kier molecular flexibility index (Phi) is 6.29. The SMILES string of the molecule is CC1=C(N=Nc2ccc(Nc3ccc(S(=O)(=O)O)cc3[N+](=O)[O-])cc2)C=CC(O)C1C. The molecule has 11 heteroatoms. The summed E-state index contributed by atoms with van der Waals surface area (Å²) in [5.74, 6) is -0.0477. The van der Waals surface area contributed by atoms with Crippen LogP contribution in [0.15, 0.2) is 81.0 Å². The number of nitro benzene ring substituents is 1. The quantitative estimate of drug-likeness (QED) is 0.256. The number of hydrogen-bond donors (Lipinski definition) is 3. The van der Waals surface area contributed by atoms with Gasteiger partial charge in [0.15, 0.2) is 0 Å². The van der Waals surface area contributed by atoms with Crippen molar-refractivity contribution in [1.82, 2.24) is 0 Å². The number of benzene rings is 2. The lowest BCUT2D eigenvalue weighted by molar-refractivity contribution is -0.384. The fraction of sp³-hybridized carbons (Fsp3) is 0.200. The highest BCUT2D eigenvalue weighted by atomic mass is 32.2. The summed E-state index contributed by atoms with van der Waals surface area (Å²) in [5, 5.41) is 32.4. The van der Waals surface area contributed by atoms with Crippen molar-refractivity contribution in [2.24, 2.45) is 16.1 Å². The first kappa shape index (κ1) is 22.3. The lowest BCUT2D eigenvalue weighted by Gasteiger charge is -2.21. The first-order valence-electron chi connectivity index (χ1n) is 9.18. The molecule has 0 aromatic heterocycles. The number of nitrogens with one attached hydrogen (secondary N) is 1. The van der Waals surface area contributed by atoms with Gasteiger partial charge in [-0.3, -0.25) is 14.7 Å². The predicted octanol–water partition coefficient (Wildman–Crippen LogP) is 4.51. The van der Waals surface area contributed by atoms with Crippen molar-refractivity contribution in [3.05, 3.63) is 76.0 Å². The van der Waals surface area contributed by atoms with Crippen LogP contribution < -0.4 is 5.32 Å². The molecule has 162 valence electrons. The number of allylic oxidation sites excluding steroid dienone is 1. The van der Waals surface area contributed by atoms with Gasteiger partial charge < -0.3 is 10.4 Å². The third-order valence-electron chi connectivity index (χ3n) is 4.93. The molecule has 3 rings (SSSR count). The number of nitrogens with zero attached hydrogens (tertiary/aromatic N) is 3. The van der Waals surface area contributed by atoms with E-state index in [1.807, 2.05) is 13.8 Å². The van der Waals surface area contributed by atoms with E-state index in [1.54, 1.807) is 36.4 Å². The molecule has 0 aliphatic heterocycles. The van der Waals surface area contributed by atoms with E-state index in [4.69, 9.17) is 4.55 Å². The Hall–Kier alpha value is -3.41. The molecule has 0 heterocycles. The molecule has 1 aliphatic carbocycles. The van der Waals surface area contributed by atoms with Crippen LogP contribution in [0.5, 0.6) is 0 Å². The van der Waals surface area contributed by atoms with Crippen LogP contribution in [0, 0.1) is 16.0 Å². The first-order chi connectivity index (χ1) is 14.6. The molecule has 0 fully saturated rings. The maximum Gasteiger partial charge on any atom is 0.294 e. The Morgan fingerprint density at radius 3 is 2.42 bits per heavy atom. The molecule has 10 nitrogen and oxygen atoms in total. The number of anilines is 2. The Labute approximate surface area is 178 Å². The Morgan fingerprint density at radius 2 is 1.81 bits per heavy atom. The summed E-state index contributed by atoms with van der Waals surface area (Å²) in [6, 6.07) is 9.65. The average Bonchev–Trinajstić information content (AvgIpc) is 2.72. The van der Waals surface area contributed by atoms with E-state index in [2.05, 4.69) is 15.5 Å². The molecule has 2 aromatic rings. The van der Waals surface area contributed by atoms with Crippen LogP contribution in [0.4, 0.5) is 22.7 Å². The molecule has 2 aromatic carbocycles. The average molecular weight is 444 g/mol. The zero-order valence-electron chi connectivity index (χ0n) is 16.6. The molecule has 3 N–H and O–H groups in total. The summed E-state index contributed by atoms with van der Waals surface area (Å²) in [4.78, 5) is 9.98. The normalized spacial score (nSPS) is 19.1. The predicted molar refractivity (Wildman–Crippen MR) is 114 cm³/mol. The van der Waals surface area contributed by atoms with Gasteiger partial charge in [-0.25, -0.2) is 0 Å². The lowest BCUT2D eigenvalue weighted by Crippen LogP contribution is -2.19. The smallest absolute Gasteiger partial charge is 0.294 e. The summed E-state index contributed by atoms with van der Waals surface area (Å²) < 4.78 is 31.5. The topological polar surface area (TPSA) is 154 Å². The second-order valence-corrected chi connectivity index (χ2v) is 8.41. The number of nitro groups is 1. The fourth-order valence-corrected chi connectivity index (χ4v) is 3.40. The van der Waals surface area contributed by atoms with Crippen LogP contribution in [0.25, 0.3) is 0 Å². The number of azo groups is 1. The zero-order chi connectivity index (χ0) is 22.8. The monoisotopic (exact) mass is 444 g/mol. The minimum atomic E-state index is -4.56. The third-order valence-corrected chi connectivity index (χ3v) is 5.78. The summed E-state index contributed by atoms with van der Waals surface area (Å²) in [6.07, 6.45) is 2.84. The summed E-state index contributed by atoms with van der Waals surface area (Å²) in [7, 11) is -4.56. The molecule has 2 atom stereocenters. The number of aliphatic hydroxyl groups excluding tert-OH is 1. The molecule has 1 aliphatic rings. The van der Waals surface area contributed by atoms with Gasteiger partial charge in [-0.05, 0) is 55.0 Å². The van der Waals surface area contributed by atoms with Crippen molar-refractivity contribution < 1.29 is 23.0 Å². The van der Waals surface area contributed by atoms with E-state index in [0.29, 0.717) is 17.1 Å². The van der Waals surface area contributed by atoms with Crippen molar-refractivity contribution in [1.29, 1.82) is 0 Å². The van der Waals surface area contributed by atoms with Crippen molar-refractivity contribution >= 4 is 32.9 Å². The van der Waals surface area contributed by atoms with E-state index >= 15 is 0 Å². The highest BCUT2D eigenvalue weighted by molar-refractivity contribution is 7.85. The van der Waals surface area contributed by atoms with Gasteiger partial charge in [-0.15, -0.1) is 0 Å². The number of hydrogen-bond acceptors (Lipinski definition) is 8. The minimum Gasteiger partial charge on any atom is -0.388 e. The van der Waals surface area contributed by atoms with Crippen molar-refractivity contribution in [2.75, 3.05) is 5.32 Å². The molecule has 2 unspecified atom stereocenters. The summed E-state index contributed by atoms with van der Waals surface area (Å²) in [5.41, 5.74) is 2.22. The van der Waals surface area contributed by atoms with Crippen LogP contribution in [0.2, 0.25) is 0 Å². The summed E-state index contributed by atoms with van der Waals surface area (Å²) >= 11 is 0. The second kappa shape index (κ2) is 8.76. The zero-order valence-corrected chi connectivity index (χ0v) is 17.4. The maximum atomic E-state index is 11.3. The van der Waals surface area contributed by atoms with Gasteiger partial charge in [0.25, 0.3) is 15.8 Å². The molecule has 31 heavy (non-hydrogen) atoms. The molecule has 0 saturated heterocycles. The molecular formula is C20H20N4O6S. The third kappa shape index (κ3) is 5.20. The van der Waals surface area contributed by atoms with Gasteiger partial charge in [0.05, 0.1) is 22.4 Å². The molecule has 0 saturated carbocycles. The van der Waals surface area contributed by atoms with Crippen LogP contribution in [-0.2, 0) is 10.1 Å². The van der Waals surface area contributed by atoms with Gasteiger partial charge in [0.1, 0.15) is 10.6 Å². The van der Waals surface area contributed by atoms with Crippen molar-refractivity contribution in [2.45, 2.75) is 24.8 Å². The van der Waals surface area contributed by atoms with Gasteiger partial charge in [-0.2, -0.15) is 18.6 Å². The lowest BCUT2D eigenvalue weighted by atomic mass is 9.90. The Morgan fingerprint density at radius 1 is 1.13 bits per heavy atom. The highest BCUT2D eigenvalue weighted by Gasteiger charge is 2.21. The highest BCUT2D eigenvalue weighted by Crippen LogP contribution is 2.31. The van der Waals surface area contributed by atoms with Crippen LogP contribution in [0.3, 0.4) is 0 Å². The fourth-order valence-electron chi connectivity index (χ4n) is 2.90. The largest absolute Gasteiger partial charge is 0.388 e. The standard InChI is InChI=1S/C20H20N4O6S/c1-12-13(2)20(25)10-9-17(12)23-22-15-5-3-14(4-6-15)21-18-8-7-16(31(28,29)30)11-19(18)24(26)27/h3-11,13,20-21,25H,1-2H3,(H,28,29,30). The van der Waals surface area contributed by atoms with Gasteiger partial charge in [-0.1, -0.05) is 13.0 Å². The van der Waals surface area contributed by atoms with Crippen molar-refractivity contribution in [3.63, 3.8) is 0 Å². The molecule has 0 spiro atoms. The van der Waals surface area contributed by atoms with Gasteiger partial charge in [0.2, 0.25) is 0 Å². The van der Waals surface area contributed by atoms with Crippen LogP contribution >= 0.6 is 0 Å². The minimum absolute atomic E-state index is 0.0477. The molecule has 0 radical (unpaired) electrons. The van der Waals surface area contributed by atoms with Gasteiger partial charge >= 0.3 is 0 Å². The van der Waals surface area contributed by atoms with Gasteiger partial charge in [0, 0.05) is 17.7 Å². The van der Waals surface area contributed by atoms with E-state index in [0.717, 1.165) is 17.7 Å². The molecule has 0 amide bonds. The van der Waals surface area contributed by atoms with E-state index in [-0.39, 0.29) is 11.6 Å². The summed E-state index contributed by atoms with van der Waals surface area (Å²) in [6.45, 7) is 3.79. The van der Waals surface area contributed by atoms with E-state index < -0.39 is 31.7 Å². The maximum absolute atomic E-state index is 11.3. The number of aliphatic hydroxyl groups is 1. The van der Waals surface area contributed by atoms with Crippen LogP contribution in [0.1, 0.15) is 13.8 Å². The second-order valence-electron chi connectivity index (χ2n) is 6.99. The molecule has 0 bridgehead atoms. The van der Waals surface area contributed by atoms with E-state index in [1.165, 1.54) is 6.07 Å². The van der Waals surface area contributed by atoms with Crippen molar-refractivity contribution in [3.8, 4) is 0 Å². The Balaban J connectivity index is 1.79. The first-order valence-corrected chi connectivity index (χ1v) is 10.6. The number of rotatable bonds is 6. The van der Waals surface area contributed by atoms with Crippen LogP contribution in [-0.4, -0.2) is 29.1 Å². The Bertz CT molecular complexity index is 1200. The molecular weight excluding hydrogens is 424 g/mol.